The minimum atomic E-state index is 0.154. The summed E-state index contributed by atoms with van der Waals surface area (Å²) in [7, 11) is 2.09. The summed E-state index contributed by atoms with van der Waals surface area (Å²) in [5.41, 5.74) is 2.59. The standard InChI is InChI=1S/C14H19NO/c1-11-3-5-12(6-4-11)14-7-8-15(2)9-13(14)10-16/h3-6,10,13-14H,7-9H2,1-2H3. The number of likely N-dealkylation sites (tertiary alicyclic amines) is 1. The molecule has 1 fully saturated rings. The molecule has 2 atom stereocenters. The molecule has 0 aliphatic carbocycles. The third-order valence-corrected chi connectivity index (χ3v) is 3.54. The van der Waals surface area contributed by atoms with Crippen molar-refractivity contribution in [3.05, 3.63) is 35.4 Å². The molecular weight excluding hydrogens is 198 g/mol. The van der Waals surface area contributed by atoms with Crippen molar-refractivity contribution in [3.63, 3.8) is 0 Å². The first-order valence-corrected chi connectivity index (χ1v) is 5.91. The first-order valence-electron chi connectivity index (χ1n) is 5.91. The van der Waals surface area contributed by atoms with Crippen LogP contribution in [0.5, 0.6) is 0 Å². The summed E-state index contributed by atoms with van der Waals surface area (Å²) in [6.45, 7) is 4.07. The van der Waals surface area contributed by atoms with Gasteiger partial charge in [0.15, 0.2) is 0 Å². The zero-order valence-corrected chi connectivity index (χ0v) is 10.0. The summed E-state index contributed by atoms with van der Waals surface area (Å²) in [5, 5.41) is 0. The number of nitrogens with zero attached hydrogens (tertiary/aromatic N) is 1. The molecule has 0 amide bonds. The first kappa shape index (κ1) is 11.3. The van der Waals surface area contributed by atoms with Crippen LogP contribution >= 0.6 is 0 Å². The third-order valence-electron chi connectivity index (χ3n) is 3.54. The molecule has 16 heavy (non-hydrogen) atoms. The van der Waals surface area contributed by atoms with E-state index in [4.69, 9.17) is 0 Å². The SMILES string of the molecule is Cc1ccc(C2CCN(C)CC2C=O)cc1. The van der Waals surface area contributed by atoms with Crippen molar-refractivity contribution in [2.45, 2.75) is 19.3 Å². The Morgan fingerprint density at radius 2 is 2.00 bits per heavy atom. The van der Waals surface area contributed by atoms with Crippen molar-refractivity contribution in [2.75, 3.05) is 20.1 Å². The normalized spacial score (nSPS) is 26.6. The molecule has 0 N–H and O–H groups in total. The number of piperidine rings is 1. The van der Waals surface area contributed by atoms with Crippen molar-refractivity contribution < 1.29 is 4.79 Å². The molecule has 1 aromatic carbocycles. The van der Waals surface area contributed by atoms with E-state index < -0.39 is 0 Å². The van der Waals surface area contributed by atoms with Gasteiger partial charge in [-0.25, -0.2) is 0 Å². The molecule has 0 spiro atoms. The van der Waals surface area contributed by atoms with Gasteiger partial charge in [0, 0.05) is 12.5 Å². The Bertz CT molecular complexity index is 358. The fraction of sp³-hybridized carbons (Fsp3) is 0.500. The quantitative estimate of drug-likeness (QED) is 0.708. The minimum absolute atomic E-state index is 0.154. The lowest BCUT2D eigenvalue weighted by molar-refractivity contribution is -0.113. The summed E-state index contributed by atoms with van der Waals surface area (Å²) < 4.78 is 0. The second-order valence-corrected chi connectivity index (χ2v) is 4.87. The lowest BCUT2D eigenvalue weighted by Gasteiger charge is -2.34. The first-order chi connectivity index (χ1) is 7.70. The zero-order chi connectivity index (χ0) is 11.5. The molecule has 2 nitrogen and oxygen atoms in total. The van der Waals surface area contributed by atoms with E-state index in [1.807, 2.05) is 0 Å². The molecule has 0 bridgehead atoms. The highest BCUT2D eigenvalue weighted by Gasteiger charge is 2.28. The smallest absolute Gasteiger partial charge is 0.124 e. The second kappa shape index (κ2) is 4.79. The number of carbonyl (C=O) groups excluding carboxylic acids is 1. The summed E-state index contributed by atoms with van der Waals surface area (Å²) in [5.74, 6) is 0.566. The van der Waals surface area contributed by atoms with Gasteiger partial charge in [0.25, 0.3) is 0 Å². The molecule has 1 aliphatic rings. The molecular formula is C14H19NO. The number of hydrogen-bond donors (Lipinski definition) is 0. The minimum Gasteiger partial charge on any atom is -0.306 e. The lowest BCUT2D eigenvalue weighted by atomic mass is 9.81. The molecule has 1 heterocycles. The van der Waals surface area contributed by atoms with Crippen molar-refractivity contribution in [1.82, 2.24) is 4.90 Å². The predicted molar refractivity (Wildman–Crippen MR) is 65.6 cm³/mol. The van der Waals surface area contributed by atoms with Crippen LogP contribution in [0.3, 0.4) is 0 Å². The van der Waals surface area contributed by atoms with Crippen LogP contribution in [0, 0.1) is 12.8 Å². The van der Waals surface area contributed by atoms with Gasteiger partial charge in [0.1, 0.15) is 6.29 Å². The Morgan fingerprint density at radius 3 is 2.62 bits per heavy atom. The molecule has 1 aliphatic heterocycles. The van der Waals surface area contributed by atoms with Crippen LogP contribution in [0.1, 0.15) is 23.5 Å². The summed E-state index contributed by atoms with van der Waals surface area (Å²) in [4.78, 5) is 13.4. The molecule has 86 valence electrons. The van der Waals surface area contributed by atoms with Gasteiger partial charge in [-0.15, -0.1) is 0 Å². The number of aldehydes is 1. The number of benzene rings is 1. The fourth-order valence-electron chi connectivity index (χ4n) is 2.52. The van der Waals surface area contributed by atoms with E-state index in [-0.39, 0.29) is 5.92 Å². The van der Waals surface area contributed by atoms with Crippen molar-refractivity contribution in [2.24, 2.45) is 5.92 Å². The molecule has 2 unspecified atom stereocenters. The maximum atomic E-state index is 11.1. The van der Waals surface area contributed by atoms with Gasteiger partial charge in [0.2, 0.25) is 0 Å². The zero-order valence-electron chi connectivity index (χ0n) is 10.0. The Labute approximate surface area is 97.3 Å². The van der Waals surface area contributed by atoms with Crippen molar-refractivity contribution in [1.29, 1.82) is 0 Å². The molecule has 0 saturated carbocycles. The van der Waals surface area contributed by atoms with E-state index in [9.17, 15) is 4.79 Å². The van der Waals surface area contributed by atoms with E-state index >= 15 is 0 Å². The summed E-state index contributed by atoms with van der Waals surface area (Å²) >= 11 is 0. The van der Waals surface area contributed by atoms with Crippen LogP contribution in [-0.4, -0.2) is 31.3 Å². The largest absolute Gasteiger partial charge is 0.306 e. The van der Waals surface area contributed by atoms with Crippen LogP contribution in [0.2, 0.25) is 0 Å². The molecule has 2 heteroatoms. The van der Waals surface area contributed by atoms with E-state index in [0.717, 1.165) is 25.8 Å². The average Bonchev–Trinajstić information content (AvgIpc) is 2.30. The maximum Gasteiger partial charge on any atom is 0.124 e. The fourth-order valence-corrected chi connectivity index (χ4v) is 2.52. The number of hydrogen-bond acceptors (Lipinski definition) is 2. The van der Waals surface area contributed by atoms with E-state index in [0.29, 0.717) is 5.92 Å². The van der Waals surface area contributed by atoms with Crippen LogP contribution < -0.4 is 0 Å². The third kappa shape index (κ3) is 2.33. The predicted octanol–water partition coefficient (Wildman–Crippen LogP) is 2.23. The van der Waals surface area contributed by atoms with Crippen molar-refractivity contribution >= 4 is 6.29 Å². The molecule has 2 rings (SSSR count). The number of rotatable bonds is 2. The highest BCUT2D eigenvalue weighted by Crippen LogP contribution is 2.31. The van der Waals surface area contributed by atoms with Crippen LogP contribution in [0.15, 0.2) is 24.3 Å². The summed E-state index contributed by atoms with van der Waals surface area (Å²) in [6, 6.07) is 8.61. The summed E-state index contributed by atoms with van der Waals surface area (Å²) in [6.07, 6.45) is 2.21. The molecule has 0 aromatic heterocycles. The second-order valence-electron chi connectivity index (χ2n) is 4.87. The number of carbonyl (C=O) groups is 1. The van der Waals surface area contributed by atoms with Gasteiger partial charge in [-0.05, 0) is 38.4 Å². The lowest BCUT2D eigenvalue weighted by Crippen LogP contribution is -2.37. The van der Waals surface area contributed by atoms with Crippen LogP contribution in [0.4, 0.5) is 0 Å². The van der Waals surface area contributed by atoms with E-state index in [2.05, 4.69) is 43.1 Å². The maximum absolute atomic E-state index is 11.1. The monoisotopic (exact) mass is 217 g/mol. The van der Waals surface area contributed by atoms with Gasteiger partial charge < -0.3 is 9.69 Å². The van der Waals surface area contributed by atoms with Crippen LogP contribution in [0.25, 0.3) is 0 Å². The molecule has 1 aromatic rings. The van der Waals surface area contributed by atoms with Gasteiger partial charge in [0.05, 0.1) is 0 Å². The Kier molecular flexibility index (Phi) is 3.39. The van der Waals surface area contributed by atoms with E-state index in [1.54, 1.807) is 0 Å². The van der Waals surface area contributed by atoms with E-state index in [1.165, 1.54) is 11.1 Å². The van der Waals surface area contributed by atoms with Gasteiger partial charge in [-0.2, -0.15) is 0 Å². The van der Waals surface area contributed by atoms with Gasteiger partial charge in [-0.1, -0.05) is 29.8 Å². The Hall–Kier alpha value is -1.15. The topological polar surface area (TPSA) is 20.3 Å². The van der Waals surface area contributed by atoms with Crippen LogP contribution in [-0.2, 0) is 4.79 Å². The van der Waals surface area contributed by atoms with Gasteiger partial charge >= 0.3 is 0 Å². The molecule has 0 radical (unpaired) electrons. The average molecular weight is 217 g/mol. The Balaban J connectivity index is 2.19. The molecule has 1 saturated heterocycles. The highest BCUT2D eigenvalue weighted by molar-refractivity contribution is 5.56. The number of aryl methyl sites for hydroxylation is 1. The highest BCUT2D eigenvalue weighted by atomic mass is 16.1. The van der Waals surface area contributed by atoms with Crippen molar-refractivity contribution in [3.8, 4) is 0 Å². The Morgan fingerprint density at radius 1 is 1.31 bits per heavy atom. The van der Waals surface area contributed by atoms with Gasteiger partial charge in [-0.3, -0.25) is 0 Å².